The van der Waals surface area contributed by atoms with Crippen molar-refractivity contribution in [3.05, 3.63) is 34.1 Å². The maximum atomic E-state index is 13.0. The third kappa shape index (κ3) is 4.59. The Balaban J connectivity index is 2.76. The summed E-state index contributed by atoms with van der Waals surface area (Å²) in [5, 5.41) is 9.68. The van der Waals surface area contributed by atoms with E-state index in [2.05, 4.69) is 15.9 Å². The van der Waals surface area contributed by atoms with Gasteiger partial charge in [0.15, 0.2) is 0 Å². The molecule has 1 aromatic rings. The molecule has 3 nitrogen and oxygen atoms in total. The molecule has 0 heterocycles. The van der Waals surface area contributed by atoms with Crippen molar-refractivity contribution in [2.24, 2.45) is 0 Å². The summed E-state index contributed by atoms with van der Waals surface area (Å²) in [4.78, 5) is 0. The van der Waals surface area contributed by atoms with Gasteiger partial charge in [-0.3, -0.25) is 0 Å². The van der Waals surface area contributed by atoms with Gasteiger partial charge in [0.05, 0.1) is 11.9 Å². The molecule has 0 saturated heterocycles. The number of hydrogen-bond donors (Lipinski definition) is 1. The lowest BCUT2D eigenvalue weighted by Gasteiger charge is -2.10. The van der Waals surface area contributed by atoms with Crippen molar-refractivity contribution in [1.29, 1.82) is 0 Å². The number of benzene rings is 1. The summed E-state index contributed by atoms with van der Waals surface area (Å²) < 4.78 is 35.3. The molecule has 1 atom stereocenters. The van der Waals surface area contributed by atoms with E-state index >= 15 is 0 Å². The Hall–Kier alpha value is -0.460. The molecule has 6 heteroatoms. The zero-order chi connectivity index (χ0) is 12.3. The Morgan fingerprint density at radius 2 is 2.06 bits per heavy atom. The molecule has 0 spiro atoms. The minimum absolute atomic E-state index is 0.0642. The maximum absolute atomic E-state index is 13.0. The van der Waals surface area contributed by atoms with Gasteiger partial charge in [-0.2, -0.15) is 0 Å². The van der Waals surface area contributed by atoms with Crippen molar-refractivity contribution >= 4 is 25.8 Å². The summed E-state index contributed by atoms with van der Waals surface area (Å²) >= 11 is 3.10. The zero-order valence-electron chi connectivity index (χ0n) is 8.65. The minimum Gasteiger partial charge on any atom is -0.388 e. The molecular formula is C10H12BrFO3S. The third-order valence-corrected chi connectivity index (χ3v) is 3.47. The van der Waals surface area contributed by atoms with Crippen molar-refractivity contribution in [1.82, 2.24) is 0 Å². The first-order valence-corrected chi connectivity index (χ1v) is 7.45. The van der Waals surface area contributed by atoms with Crippen LogP contribution in [0, 0.1) is 5.82 Å². The van der Waals surface area contributed by atoms with Gasteiger partial charge in [-0.1, -0.05) is 15.9 Å². The topological polar surface area (TPSA) is 54.4 Å². The highest BCUT2D eigenvalue weighted by atomic mass is 79.9. The van der Waals surface area contributed by atoms with Gasteiger partial charge in [0.25, 0.3) is 0 Å². The first-order chi connectivity index (χ1) is 7.28. The Morgan fingerprint density at radius 1 is 1.44 bits per heavy atom. The fourth-order valence-corrected chi connectivity index (χ4v) is 2.39. The standard InChI is InChI=1S/C10H12BrFO3S/c1-16(14,15)3-2-10(13)7-4-8(11)6-9(12)5-7/h4-6,10,13H,2-3H2,1H3. The maximum Gasteiger partial charge on any atom is 0.147 e. The van der Waals surface area contributed by atoms with E-state index in [4.69, 9.17) is 0 Å². The second kappa shape index (κ2) is 5.25. The molecule has 1 N–H and O–H groups in total. The summed E-state index contributed by atoms with van der Waals surface area (Å²) in [6.45, 7) is 0. The summed E-state index contributed by atoms with van der Waals surface area (Å²) in [6.07, 6.45) is 0.192. The number of rotatable bonds is 4. The Labute approximate surface area is 102 Å². The van der Waals surface area contributed by atoms with Crippen LogP contribution >= 0.6 is 15.9 Å². The SMILES string of the molecule is CS(=O)(=O)CCC(O)c1cc(F)cc(Br)c1. The molecule has 90 valence electrons. The third-order valence-electron chi connectivity index (χ3n) is 2.03. The highest BCUT2D eigenvalue weighted by molar-refractivity contribution is 9.10. The molecule has 1 unspecified atom stereocenters. The molecule has 1 rings (SSSR count). The Morgan fingerprint density at radius 3 is 2.56 bits per heavy atom. The van der Waals surface area contributed by atoms with Crippen LogP contribution in [0.4, 0.5) is 4.39 Å². The van der Waals surface area contributed by atoms with Crippen LogP contribution in [0.3, 0.4) is 0 Å². The largest absolute Gasteiger partial charge is 0.388 e. The van der Waals surface area contributed by atoms with Gasteiger partial charge in [0.1, 0.15) is 15.7 Å². The van der Waals surface area contributed by atoms with E-state index < -0.39 is 21.8 Å². The van der Waals surface area contributed by atoms with Crippen LogP contribution in [-0.2, 0) is 9.84 Å². The summed E-state index contributed by atoms with van der Waals surface area (Å²) in [6, 6.07) is 4.03. The van der Waals surface area contributed by atoms with Crippen LogP contribution in [0.2, 0.25) is 0 Å². The van der Waals surface area contributed by atoms with Gasteiger partial charge in [0, 0.05) is 10.7 Å². The predicted octanol–water partition coefficient (Wildman–Crippen LogP) is 2.06. The van der Waals surface area contributed by atoms with Crippen molar-refractivity contribution in [3.63, 3.8) is 0 Å². The van der Waals surface area contributed by atoms with Crippen molar-refractivity contribution < 1.29 is 17.9 Å². The van der Waals surface area contributed by atoms with E-state index in [0.717, 1.165) is 6.26 Å². The Kier molecular flexibility index (Phi) is 4.46. The number of sulfone groups is 1. The molecule has 1 aromatic carbocycles. The zero-order valence-corrected chi connectivity index (χ0v) is 11.1. The number of hydrogen-bond acceptors (Lipinski definition) is 3. The van der Waals surface area contributed by atoms with Crippen LogP contribution in [0.1, 0.15) is 18.1 Å². The summed E-state index contributed by atoms with van der Waals surface area (Å²) in [5.74, 6) is -0.592. The summed E-state index contributed by atoms with van der Waals surface area (Å²) in [7, 11) is -3.11. The lowest BCUT2D eigenvalue weighted by molar-refractivity contribution is 0.174. The van der Waals surface area contributed by atoms with E-state index in [9.17, 15) is 17.9 Å². The van der Waals surface area contributed by atoms with Gasteiger partial charge in [-0.25, -0.2) is 12.8 Å². The molecule has 0 radical (unpaired) electrons. The van der Waals surface area contributed by atoms with Gasteiger partial charge in [0.2, 0.25) is 0 Å². The lowest BCUT2D eigenvalue weighted by atomic mass is 10.1. The van der Waals surface area contributed by atoms with Gasteiger partial charge in [-0.15, -0.1) is 0 Å². The van der Waals surface area contributed by atoms with Crippen LogP contribution < -0.4 is 0 Å². The van der Waals surface area contributed by atoms with Crippen molar-refractivity contribution in [2.45, 2.75) is 12.5 Å². The predicted molar refractivity (Wildman–Crippen MR) is 63.4 cm³/mol. The van der Waals surface area contributed by atoms with E-state index in [1.165, 1.54) is 12.1 Å². The molecule has 0 aromatic heterocycles. The van der Waals surface area contributed by atoms with E-state index in [-0.39, 0.29) is 12.2 Å². The fourth-order valence-electron chi connectivity index (χ4n) is 1.26. The van der Waals surface area contributed by atoms with Crippen molar-refractivity contribution in [2.75, 3.05) is 12.0 Å². The highest BCUT2D eigenvalue weighted by Gasteiger charge is 2.12. The van der Waals surface area contributed by atoms with Gasteiger partial charge in [-0.05, 0) is 30.2 Å². The van der Waals surface area contributed by atoms with Gasteiger partial charge >= 0.3 is 0 Å². The number of aliphatic hydroxyl groups excluding tert-OH is 1. The second-order valence-electron chi connectivity index (χ2n) is 3.64. The quantitative estimate of drug-likeness (QED) is 0.926. The lowest BCUT2D eigenvalue weighted by Crippen LogP contribution is -2.08. The van der Waals surface area contributed by atoms with Crippen LogP contribution in [0.25, 0.3) is 0 Å². The smallest absolute Gasteiger partial charge is 0.147 e. The molecule has 0 aliphatic heterocycles. The number of aliphatic hydroxyl groups is 1. The molecule has 0 amide bonds. The number of halogens is 2. The summed E-state index contributed by atoms with van der Waals surface area (Å²) in [5.41, 5.74) is 0.371. The van der Waals surface area contributed by atoms with E-state index in [1.54, 1.807) is 6.07 Å². The normalized spacial score (nSPS) is 13.8. The van der Waals surface area contributed by atoms with E-state index in [0.29, 0.717) is 10.0 Å². The van der Waals surface area contributed by atoms with Crippen molar-refractivity contribution in [3.8, 4) is 0 Å². The van der Waals surface area contributed by atoms with Crippen LogP contribution in [-0.4, -0.2) is 25.5 Å². The van der Waals surface area contributed by atoms with Gasteiger partial charge < -0.3 is 5.11 Å². The minimum atomic E-state index is -3.11. The van der Waals surface area contributed by atoms with E-state index in [1.807, 2.05) is 0 Å². The fraction of sp³-hybridized carbons (Fsp3) is 0.400. The Bertz CT molecular complexity index is 453. The molecular weight excluding hydrogens is 299 g/mol. The highest BCUT2D eigenvalue weighted by Crippen LogP contribution is 2.22. The molecule has 0 aliphatic rings. The first kappa shape index (κ1) is 13.6. The monoisotopic (exact) mass is 310 g/mol. The molecule has 16 heavy (non-hydrogen) atoms. The average molecular weight is 311 g/mol. The average Bonchev–Trinajstić information content (AvgIpc) is 2.11. The second-order valence-corrected chi connectivity index (χ2v) is 6.81. The molecule has 0 fully saturated rings. The van der Waals surface area contributed by atoms with Crippen LogP contribution in [0.15, 0.2) is 22.7 Å². The molecule has 0 bridgehead atoms. The van der Waals surface area contributed by atoms with Crippen LogP contribution in [0.5, 0.6) is 0 Å². The first-order valence-electron chi connectivity index (χ1n) is 4.60. The molecule has 0 saturated carbocycles. The molecule has 0 aliphatic carbocycles.